The molecule has 2 aromatic rings. The quantitative estimate of drug-likeness (QED) is 0.843. The lowest BCUT2D eigenvalue weighted by molar-refractivity contribution is 0.283. The molecule has 2 aromatic carbocycles. The first-order valence-electron chi connectivity index (χ1n) is 6.33. The van der Waals surface area contributed by atoms with E-state index in [2.05, 4.69) is 24.3 Å². The number of hydrogen-bond donors (Lipinski definition) is 1. The van der Waals surface area contributed by atoms with Gasteiger partial charge in [-0.2, -0.15) is 0 Å². The third-order valence-corrected chi connectivity index (χ3v) is 2.98. The summed E-state index contributed by atoms with van der Waals surface area (Å²) in [5, 5.41) is 0. The summed E-state index contributed by atoms with van der Waals surface area (Å²) < 4.78 is 5.82. The second kappa shape index (κ2) is 6.82. The fourth-order valence-electron chi connectivity index (χ4n) is 1.99. The zero-order valence-electron chi connectivity index (χ0n) is 10.5. The van der Waals surface area contributed by atoms with Gasteiger partial charge in [0.05, 0.1) is 6.61 Å². The predicted octanol–water partition coefficient (Wildman–Crippen LogP) is 3.20. The highest BCUT2D eigenvalue weighted by molar-refractivity contribution is 5.23. The molecule has 0 saturated heterocycles. The van der Waals surface area contributed by atoms with Gasteiger partial charge in [-0.25, -0.2) is 0 Å². The van der Waals surface area contributed by atoms with Gasteiger partial charge in [0, 0.05) is 5.92 Å². The molecule has 94 valence electrons. The summed E-state index contributed by atoms with van der Waals surface area (Å²) in [6.45, 7) is 1.35. The van der Waals surface area contributed by atoms with E-state index in [1.807, 2.05) is 36.4 Å². The minimum atomic E-state index is 0.358. The molecular formula is C16H19NO. The van der Waals surface area contributed by atoms with Gasteiger partial charge in [-0.15, -0.1) is 0 Å². The maximum Gasteiger partial charge on any atom is 0.119 e. The van der Waals surface area contributed by atoms with E-state index in [1.54, 1.807) is 0 Å². The Morgan fingerprint density at radius 1 is 0.889 bits per heavy atom. The Morgan fingerprint density at radius 3 is 2.11 bits per heavy atom. The lowest BCUT2D eigenvalue weighted by Crippen LogP contribution is -2.14. The molecule has 1 atom stereocenters. The summed E-state index contributed by atoms with van der Waals surface area (Å²) in [7, 11) is 0. The molecule has 0 aliphatic heterocycles. The summed E-state index contributed by atoms with van der Waals surface area (Å²) in [5.74, 6) is 1.27. The van der Waals surface area contributed by atoms with Gasteiger partial charge in [0.2, 0.25) is 0 Å². The summed E-state index contributed by atoms with van der Waals surface area (Å²) in [6, 6.07) is 20.3. The van der Waals surface area contributed by atoms with E-state index in [9.17, 15) is 0 Å². The van der Waals surface area contributed by atoms with E-state index in [-0.39, 0.29) is 0 Å². The summed E-state index contributed by atoms with van der Waals surface area (Å²) in [6.07, 6.45) is 0.941. The molecular weight excluding hydrogens is 222 g/mol. The molecule has 0 radical (unpaired) electrons. The van der Waals surface area contributed by atoms with Crippen molar-refractivity contribution in [2.24, 2.45) is 5.73 Å². The van der Waals surface area contributed by atoms with Crippen molar-refractivity contribution in [1.82, 2.24) is 0 Å². The second-order valence-electron chi connectivity index (χ2n) is 4.31. The van der Waals surface area contributed by atoms with Crippen molar-refractivity contribution in [2.75, 3.05) is 13.2 Å². The van der Waals surface area contributed by atoms with Crippen LogP contribution in [0.2, 0.25) is 0 Å². The maximum atomic E-state index is 5.82. The Hall–Kier alpha value is -1.80. The fraction of sp³-hybridized carbons (Fsp3) is 0.250. The van der Waals surface area contributed by atoms with Crippen molar-refractivity contribution in [3.8, 4) is 5.75 Å². The van der Waals surface area contributed by atoms with E-state index in [1.165, 1.54) is 5.56 Å². The molecule has 0 amide bonds. The molecule has 0 unspecified atom stereocenters. The fourth-order valence-corrected chi connectivity index (χ4v) is 1.99. The number of benzene rings is 2. The Morgan fingerprint density at radius 2 is 1.50 bits per heavy atom. The summed E-state index contributed by atoms with van der Waals surface area (Å²) in [4.78, 5) is 0. The smallest absolute Gasteiger partial charge is 0.119 e. The molecule has 2 rings (SSSR count). The van der Waals surface area contributed by atoms with Crippen LogP contribution in [0.3, 0.4) is 0 Å². The number of para-hydroxylation sites is 1. The number of nitrogens with two attached hydrogens (primary N) is 1. The maximum absolute atomic E-state index is 5.82. The number of hydrogen-bond acceptors (Lipinski definition) is 2. The molecule has 0 saturated carbocycles. The monoisotopic (exact) mass is 241 g/mol. The number of rotatable bonds is 6. The van der Waals surface area contributed by atoms with Crippen LogP contribution in [0.1, 0.15) is 17.9 Å². The SMILES string of the molecule is NCC[C@@H](COc1ccccc1)c1ccccc1. The molecule has 0 aliphatic rings. The van der Waals surface area contributed by atoms with Crippen LogP contribution in [0.5, 0.6) is 5.75 Å². The van der Waals surface area contributed by atoms with E-state index >= 15 is 0 Å². The van der Waals surface area contributed by atoms with Crippen molar-refractivity contribution in [1.29, 1.82) is 0 Å². The molecule has 2 nitrogen and oxygen atoms in total. The van der Waals surface area contributed by atoms with Crippen LogP contribution >= 0.6 is 0 Å². The molecule has 18 heavy (non-hydrogen) atoms. The first kappa shape index (κ1) is 12.7. The van der Waals surface area contributed by atoms with Gasteiger partial charge in [0.15, 0.2) is 0 Å². The van der Waals surface area contributed by atoms with Gasteiger partial charge < -0.3 is 10.5 Å². The van der Waals surface area contributed by atoms with Crippen LogP contribution < -0.4 is 10.5 Å². The van der Waals surface area contributed by atoms with Gasteiger partial charge in [0.25, 0.3) is 0 Å². The average Bonchev–Trinajstić information content (AvgIpc) is 2.45. The van der Waals surface area contributed by atoms with Crippen LogP contribution in [0.25, 0.3) is 0 Å². The first-order chi connectivity index (χ1) is 8.90. The van der Waals surface area contributed by atoms with E-state index < -0.39 is 0 Å². The molecule has 0 aromatic heterocycles. The van der Waals surface area contributed by atoms with Crippen LogP contribution in [0.4, 0.5) is 0 Å². The van der Waals surface area contributed by atoms with Gasteiger partial charge in [-0.1, -0.05) is 48.5 Å². The van der Waals surface area contributed by atoms with Gasteiger partial charge in [0.1, 0.15) is 5.75 Å². The Balaban J connectivity index is 1.99. The Bertz CT molecular complexity index is 441. The highest BCUT2D eigenvalue weighted by Gasteiger charge is 2.11. The van der Waals surface area contributed by atoms with Crippen molar-refractivity contribution in [3.05, 3.63) is 66.2 Å². The minimum absolute atomic E-state index is 0.358. The molecule has 0 spiro atoms. The Kier molecular flexibility index (Phi) is 4.79. The van der Waals surface area contributed by atoms with Crippen LogP contribution in [0, 0.1) is 0 Å². The van der Waals surface area contributed by atoms with Crippen LogP contribution in [0.15, 0.2) is 60.7 Å². The van der Waals surface area contributed by atoms with Crippen molar-refractivity contribution >= 4 is 0 Å². The van der Waals surface area contributed by atoms with E-state index in [0.29, 0.717) is 19.1 Å². The third kappa shape index (κ3) is 3.60. The normalized spacial score (nSPS) is 12.1. The highest BCUT2D eigenvalue weighted by Crippen LogP contribution is 2.20. The van der Waals surface area contributed by atoms with Crippen molar-refractivity contribution < 1.29 is 4.74 Å². The topological polar surface area (TPSA) is 35.2 Å². The highest BCUT2D eigenvalue weighted by atomic mass is 16.5. The second-order valence-corrected chi connectivity index (χ2v) is 4.31. The minimum Gasteiger partial charge on any atom is -0.493 e. The van der Waals surface area contributed by atoms with Crippen LogP contribution in [-0.4, -0.2) is 13.2 Å². The molecule has 0 fully saturated rings. The molecule has 2 N–H and O–H groups in total. The lowest BCUT2D eigenvalue weighted by Gasteiger charge is -2.17. The molecule has 2 heteroatoms. The molecule has 0 aliphatic carbocycles. The van der Waals surface area contributed by atoms with E-state index in [4.69, 9.17) is 10.5 Å². The standard InChI is InChI=1S/C16H19NO/c17-12-11-15(14-7-3-1-4-8-14)13-18-16-9-5-2-6-10-16/h1-10,15H,11-13,17H2/t15-/m0/s1. The van der Waals surface area contributed by atoms with Crippen molar-refractivity contribution in [3.63, 3.8) is 0 Å². The average molecular weight is 241 g/mol. The predicted molar refractivity (Wildman–Crippen MR) is 74.8 cm³/mol. The molecule has 0 heterocycles. The Labute approximate surface area is 108 Å². The van der Waals surface area contributed by atoms with Crippen molar-refractivity contribution in [2.45, 2.75) is 12.3 Å². The van der Waals surface area contributed by atoms with Gasteiger partial charge >= 0.3 is 0 Å². The third-order valence-electron chi connectivity index (χ3n) is 2.98. The van der Waals surface area contributed by atoms with Gasteiger partial charge in [-0.05, 0) is 30.7 Å². The summed E-state index contributed by atoms with van der Waals surface area (Å²) >= 11 is 0. The summed E-state index contributed by atoms with van der Waals surface area (Å²) in [5.41, 5.74) is 6.97. The first-order valence-corrected chi connectivity index (χ1v) is 6.33. The van der Waals surface area contributed by atoms with Gasteiger partial charge in [-0.3, -0.25) is 0 Å². The number of ether oxygens (including phenoxy) is 1. The van der Waals surface area contributed by atoms with E-state index in [0.717, 1.165) is 12.2 Å². The largest absolute Gasteiger partial charge is 0.493 e. The zero-order chi connectivity index (χ0) is 12.6. The van der Waals surface area contributed by atoms with Crippen LogP contribution in [-0.2, 0) is 0 Å². The molecule has 0 bridgehead atoms. The zero-order valence-corrected chi connectivity index (χ0v) is 10.5. The lowest BCUT2D eigenvalue weighted by atomic mass is 9.97.